The van der Waals surface area contributed by atoms with Gasteiger partial charge < -0.3 is 20.5 Å². The van der Waals surface area contributed by atoms with Gasteiger partial charge in [-0.05, 0) is 23.8 Å². The Bertz CT molecular complexity index is 672. The summed E-state index contributed by atoms with van der Waals surface area (Å²) in [5.74, 6) is -2.08. The first-order chi connectivity index (χ1) is 10.9. The van der Waals surface area contributed by atoms with E-state index in [2.05, 4.69) is 10.6 Å². The Morgan fingerprint density at radius 1 is 1.35 bits per heavy atom. The summed E-state index contributed by atoms with van der Waals surface area (Å²) in [5, 5.41) is 13.8. The van der Waals surface area contributed by atoms with E-state index < -0.39 is 30.5 Å². The second kappa shape index (κ2) is 6.77. The summed E-state index contributed by atoms with van der Waals surface area (Å²) in [4.78, 5) is 46.8. The molecular formula is C14H15N3O6. The van der Waals surface area contributed by atoms with E-state index in [1.54, 1.807) is 6.07 Å². The van der Waals surface area contributed by atoms with Gasteiger partial charge in [-0.1, -0.05) is 0 Å². The average molecular weight is 321 g/mol. The molecule has 1 aromatic carbocycles. The Kier molecular flexibility index (Phi) is 4.79. The van der Waals surface area contributed by atoms with Gasteiger partial charge >= 0.3 is 18.1 Å². The first-order valence-electron chi connectivity index (χ1n) is 6.74. The highest BCUT2D eigenvalue weighted by Gasteiger charge is 2.30. The van der Waals surface area contributed by atoms with Crippen LogP contribution in [0.25, 0.3) is 0 Å². The van der Waals surface area contributed by atoms with Crippen molar-refractivity contribution in [2.24, 2.45) is 0 Å². The number of hydrogen-bond acceptors (Lipinski definition) is 5. The molecule has 1 aliphatic heterocycles. The zero-order valence-corrected chi connectivity index (χ0v) is 12.3. The summed E-state index contributed by atoms with van der Waals surface area (Å²) in [7, 11) is 1.47. The first kappa shape index (κ1) is 16.3. The number of amides is 4. The monoisotopic (exact) mass is 321 g/mol. The van der Waals surface area contributed by atoms with Crippen molar-refractivity contribution in [3.63, 3.8) is 0 Å². The highest BCUT2D eigenvalue weighted by molar-refractivity contribution is 6.06. The smallest absolute Gasteiger partial charge is 0.417 e. The van der Waals surface area contributed by atoms with Crippen LogP contribution in [0.15, 0.2) is 18.2 Å². The molecule has 0 spiro atoms. The molecule has 0 bridgehead atoms. The Morgan fingerprint density at radius 2 is 2.09 bits per heavy atom. The molecule has 0 saturated heterocycles. The fourth-order valence-electron chi connectivity index (χ4n) is 2.11. The van der Waals surface area contributed by atoms with E-state index in [1.165, 1.54) is 19.2 Å². The number of rotatable bonds is 3. The molecule has 23 heavy (non-hydrogen) atoms. The predicted octanol–water partition coefficient (Wildman–Crippen LogP) is 0.657. The molecule has 122 valence electrons. The van der Waals surface area contributed by atoms with Crippen molar-refractivity contribution in [3.05, 3.63) is 29.3 Å². The second-order valence-corrected chi connectivity index (χ2v) is 4.73. The zero-order chi connectivity index (χ0) is 17.0. The largest absolute Gasteiger partial charge is 0.480 e. The predicted molar refractivity (Wildman–Crippen MR) is 78.2 cm³/mol. The summed E-state index contributed by atoms with van der Waals surface area (Å²) in [6.07, 6.45) is -0.715. The lowest BCUT2D eigenvalue weighted by Gasteiger charge is -2.23. The van der Waals surface area contributed by atoms with Crippen LogP contribution < -0.4 is 10.6 Å². The molecule has 0 aromatic heterocycles. The number of carboxylic acid groups (broad SMARTS) is 1. The summed E-state index contributed by atoms with van der Waals surface area (Å²) < 4.78 is 4.87. The number of benzene rings is 1. The van der Waals surface area contributed by atoms with Gasteiger partial charge in [-0.15, -0.1) is 0 Å². The normalized spacial score (nSPS) is 14.2. The Morgan fingerprint density at radius 3 is 2.74 bits per heavy atom. The topological polar surface area (TPSA) is 125 Å². The van der Waals surface area contributed by atoms with Gasteiger partial charge in [0.25, 0.3) is 5.91 Å². The molecule has 0 aliphatic carbocycles. The van der Waals surface area contributed by atoms with Crippen LogP contribution in [-0.2, 0) is 16.0 Å². The van der Waals surface area contributed by atoms with Gasteiger partial charge in [0.05, 0.1) is 6.61 Å². The number of fused-ring (bicyclic) bond motifs is 1. The maximum absolute atomic E-state index is 12.4. The van der Waals surface area contributed by atoms with E-state index in [9.17, 15) is 19.2 Å². The number of cyclic esters (lactones) is 1. The minimum absolute atomic E-state index is 0.00133. The summed E-state index contributed by atoms with van der Waals surface area (Å²) >= 11 is 0. The van der Waals surface area contributed by atoms with Gasteiger partial charge in [0, 0.05) is 24.7 Å². The van der Waals surface area contributed by atoms with Crippen LogP contribution in [0.5, 0.6) is 0 Å². The molecule has 1 heterocycles. The van der Waals surface area contributed by atoms with Crippen molar-refractivity contribution < 1.29 is 29.0 Å². The lowest BCUT2D eigenvalue weighted by Crippen LogP contribution is -2.42. The van der Waals surface area contributed by atoms with Gasteiger partial charge in [-0.2, -0.15) is 0 Å². The molecule has 0 radical (unpaired) electrons. The molecule has 0 saturated carbocycles. The molecule has 1 aromatic rings. The molecule has 9 nitrogen and oxygen atoms in total. The average Bonchev–Trinajstić information content (AvgIpc) is 2.51. The van der Waals surface area contributed by atoms with Crippen LogP contribution in [0.4, 0.5) is 15.3 Å². The van der Waals surface area contributed by atoms with Crippen LogP contribution in [0.3, 0.4) is 0 Å². The summed E-state index contributed by atoms with van der Waals surface area (Å²) in [6.45, 7) is -0.784. The van der Waals surface area contributed by atoms with Crippen molar-refractivity contribution in [1.82, 2.24) is 10.2 Å². The standard InChI is InChI=1S/C14H15N3O6/c1-15-13(21)16-9-2-3-10-8(6-9)4-5-23-14(22)17(12(10)20)7-11(18)19/h2-3,6H,4-5,7H2,1H3,(H,18,19)(H2,15,16,21). The molecule has 3 N–H and O–H groups in total. The molecule has 0 unspecified atom stereocenters. The van der Waals surface area contributed by atoms with Crippen LogP contribution in [0.2, 0.25) is 0 Å². The van der Waals surface area contributed by atoms with Gasteiger partial charge in [0.2, 0.25) is 0 Å². The number of carbonyl (C=O) groups is 4. The Balaban J connectivity index is 2.35. The molecule has 0 fully saturated rings. The number of imide groups is 1. The van der Waals surface area contributed by atoms with Crippen molar-refractivity contribution >= 4 is 29.7 Å². The van der Waals surface area contributed by atoms with Gasteiger partial charge in [0.1, 0.15) is 6.54 Å². The number of anilines is 1. The fraction of sp³-hybridized carbons (Fsp3) is 0.286. The van der Waals surface area contributed by atoms with E-state index >= 15 is 0 Å². The van der Waals surface area contributed by atoms with Crippen molar-refractivity contribution in [3.8, 4) is 0 Å². The van der Waals surface area contributed by atoms with Gasteiger partial charge in [0.15, 0.2) is 0 Å². The van der Waals surface area contributed by atoms with Crippen molar-refractivity contribution in [2.45, 2.75) is 6.42 Å². The molecule has 4 amide bonds. The number of urea groups is 1. The molecular weight excluding hydrogens is 306 g/mol. The van der Waals surface area contributed by atoms with E-state index in [1.807, 2.05) is 0 Å². The number of aliphatic carboxylic acids is 1. The van der Waals surface area contributed by atoms with Gasteiger partial charge in [-0.3, -0.25) is 9.59 Å². The number of carbonyl (C=O) groups excluding carboxylic acids is 3. The van der Waals surface area contributed by atoms with Crippen LogP contribution in [-0.4, -0.2) is 54.2 Å². The lowest BCUT2D eigenvalue weighted by molar-refractivity contribution is -0.137. The van der Waals surface area contributed by atoms with Crippen molar-refractivity contribution in [1.29, 1.82) is 0 Å². The zero-order valence-electron chi connectivity index (χ0n) is 12.3. The van der Waals surface area contributed by atoms with E-state index in [0.29, 0.717) is 16.2 Å². The van der Waals surface area contributed by atoms with Gasteiger partial charge in [-0.25, -0.2) is 14.5 Å². The quantitative estimate of drug-likeness (QED) is 0.751. The number of carboxylic acids is 1. The van der Waals surface area contributed by atoms with Crippen LogP contribution >= 0.6 is 0 Å². The molecule has 9 heteroatoms. The third kappa shape index (κ3) is 3.76. The van der Waals surface area contributed by atoms with E-state index in [0.717, 1.165) is 0 Å². The highest BCUT2D eigenvalue weighted by Crippen LogP contribution is 2.21. The lowest BCUT2D eigenvalue weighted by atomic mass is 10.0. The maximum atomic E-state index is 12.4. The molecule has 2 rings (SSSR count). The first-order valence-corrected chi connectivity index (χ1v) is 6.74. The number of hydrogen-bond donors (Lipinski definition) is 3. The number of nitrogens with zero attached hydrogens (tertiary/aromatic N) is 1. The summed E-state index contributed by atoms with van der Waals surface area (Å²) in [6, 6.07) is 4.11. The molecule has 0 atom stereocenters. The third-order valence-electron chi connectivity index (χ3n) is 3.18. The minimum atomic E-state index is -1.32. The van der Waals surface area contributed by atoms with Crippen LogP contribution in [0, 0.1) is 0 Å². The fourth-order valence-corrected chi connectivity index (χ4v) is 2.11. The minimum Gasteiger partial charge on any atom is -0.480 e. The summed E-state index contributed by atoms with van der Waals surface area (Å²) in [5.41, 5.74) is 1.21. The van der Waals surface area contributed by atoms with Crippen LogP contribution in [0.1, 0.15) is 15.9 Å². The number of nitrogens with one attached hydrogen (secondary N) is 2. The third-order valence-corrected chi connectivity index (χ3v) is 3.18. The SMILES string of the molecule is CNC(=O)Nc1ccc2c(c1)CCOC(=O)N(CC(=O)O)C2=O. The second-order valence-electron chi connectivity index (χ2n) is 4.73. The Hall–Kier alpha value is -3.10. The number of ether oxygens (including phenoxy) is 1. The highest BCUT2D eigenvalue weighted by atomic mass is 16.6. The molecule has 1 aliphatic rings. The van der Waals surface area contributed by atoms with E-state index in [4.69, 9.17) is 9.84 Å². The van der Waals surface area contributed by atoms with E-state index in [-0.39, 0.29) is 18.6 Å². The Labute approximate surface area is 131 Å². The maximum Gasteiger partial charge on any atom is 0.417 e. The van der Waals surface area contributed by atoms with Crippen molar-refractivity contribution in [2.75, 3.05) is 25.5 Å².